The summed E-state index contributed by atoms with van der Waals surface area (Å²) in [7, 11) is 1.67. The van der Waals surface area contributed by atoms with E-state index in [-0.39, 0.29) is 0 Å². The summed E-state index contributed by atoms with van der Waals surface area (Å²) in [4.78, 5) is 5.11. The van der Waals surface area contributed by atoms with Crippen molar-refractivity contribution < 1.29 is 0 Å². The Morgan fingerprint density at radius 2 is 2.50 bits per heavy atom. The number of nitrogens with one attached hydrogen (secondary N) is 1. The molecule has 0 fully saturated rings. The monoisotopic (exact) mass is 183 g/mol. The molecule has 0 saturated heterocycles. The number of hydrogen-bond acceptors (Lipinski definition) is 2. The molecule has 0 spiro atoms. The Morgan fingerprint density at radius 3 is 3.00 bits per heavy atom. The third-order valence-electron chi connectivity index (χ3n) is 1.64. The molecule has 1 rings (SSSR count). The topological polar surface area (TPSA) is 50.4 Å². The van der Waals surface area contributed by atoms with Crippen molar-refractivity contribution in [1.29, 1.82) is 0 Å². The number of aryl methyl sites for hydroxylation is 1. The first-order chi connectivity index (χ1) is 5.74. The van der Waals surface area contributed by atoms with Crippen LogP contribution in [0.5, 0.6) is 0 Å². The molecule has 1 heterocycles. The number of hydrogen-bond donors (Lipinski definition) is 2. The Bertz CT molecular complexity index is 278. The van der Waals surface area contributed by atoms with Gasteiger partial charge in [-0.15, -0.1) is 11.3 Å². The molecule has 3 N–H and O–H groups in total. The number of aliphatic imine (C=N–C) groups is 1. The van der Waals surface area contributed by atoms with Gasteiger partial charge in [0.05, 0.1) is 6.54 Å². The van der Waals surface area contributed by atoms with E-state index in [0.717, 1.165) is 6.54 Å². The van der Waals surface area contributed by atoms with Crippen LogP contribution in [-0.2, 0) is 6.54 Å². The van der Waals surface area contributed by atoms with Crippen molar-refractivity contribution in [3.05, 3.63) is 21.9 Å². The first-order valence-corrected chi connectivity index (χ1v) is 4.61. The number of nitrogens with two attached hydrogens (primary N) is 1. The smallest absolute Gasteiger partial charge is 0.188 e. The van der Waals surface area contributed by atoms with E-state index in [2.05, 4.69) is 28.7 Å². The summed E-state index contributed by atoms with van der Waals surface area (Å²) in [5, 5.41) is 5.09. The zero-order chi connectivity index (χ0) is 8.97. The number of nitrogens with zero attached hydrogens (tertiary/aromatic N) is 1. The molecule has 0 bridgehead atoms. The van der Waals surface area contributed by atoms with Crippen LogP contribution in [0.15, 0.2) is 16.4 Å². The Balaban J connectivity index is 2.49. The van der Waals surface area contributed by atoms with Crippen LogP contribution < -0.4 is 11.1 Å². The van der Waals surface area contributed by atoms with E-state index in [9.17, 15) is 0 Å². The van der Waals surface area contributed by atoms with Crippen LogP contribution in [0.4, 0.5) is 0 Å². The molecule has 0 aliphatic heterocycles. The van der Waals surface area contributed by atoms with Gasteiger partial charge in [-0.2, -0.15) is 0 Å². The van der Waals surface area contributed by atoms with Crippen molar-refractivity contribution in [2.75, 3.05) is 7.05 Å². The predicted molar refractivity (Wildman–Crippen MR) is 53.4 cm³/mol. The van der Waals surface area contributed by atoms with Gasteiger partial charge >= 0.3 is 0 Å². The summed E-state index contributed by atoms with van der Waals surface area (Å²) in [5.74, 6) is 0.489. The molecule has 0 atom stereocenters. The van der Waals surface area contributed by atoms with Crippen molar-refractivity contribution in [2.45, 2.75) is 13.5 Å². The third-order valence-corrected chi connectivity index (χ3v) is 2.66. The molecule has 0 aliphatic carbocycles. The molecule has 0 aromatic carbocycles. The minimum Gasteiger partial charge on any atom is -0.370 e. The zero-order valence-electron chi connectivity index (χ0n) is 7.29. The molecule has 66 valence electrons. The Labute approximate surface area is 76.3 Å². The standard InChI is InChI=1S/C8H13N3S/c1-6-3-4-12-7(6)5-11-8(9)10-2/h3-4H,5H2,1-2H3,(H3,9,10,11). The SMILES string of the molecule is CN=C(N)NCc1sccc1C. The van der Waals surface area contributed by atoms with Gasteiger partial charge in [-0.05, 0) is 23.9 Å². The predicted octanol–water partition coefficient (Wildman–Crippen LogP) is 1.09. The van der Waals surface area contributed by atoms with Gasteiger partial charge < -0.3 is 11.1 Å². The molecule has 0 saturated carbocycles. The molecule has 0 amide bonds. The maximum absolute atomic E-state index is 5.48. The van der Waals surface area contributed by atoms with Crippen molar-refractivity contribution in [1.82, 2.24) is 5.32 Å². The summed E-state index contributed by atoms with van der Waals surface area (Å²) >= 11 is 1.73. The number of thiophene rings is 1. The third kappa shape index (κ3) is 2.23. The fourth-order valence-electron chi connectivity index (χ4n) is 0.835. The largest absolute Gasteiger partial charge is 0.370 e. The maximum atomic E-state index is 5.48. The quantitative estimate of drug-likeness (QED) is 0.532. The van der Waals surface area contributed by atoms with E-state index in [1.54, 1.807) is 18.4 Å². The lowest BCUT2D eigenvalue weighted by atomic mass is 10.3. The normalized spacial score (nSPS) is 11.7. The molecule has 12 heavy (non-hydrogen) atoms. The second-order valence-electron chi connectivity index (χ2n) is 2.49. The lowest BCUT2D eigenvalue weighted by Gasteiger charge is -2.02. The molecule has 0 unspecified atom stereocenters. The van der Waals surface area contributed by atoms with Crippen molar-refractivity contribution in [3.63, 3.8) is 0 Å². The van der Waals surface area contributed by atoms with Gasteiger partial charge in [0, 0.05) is 11.9 Å². The van der Waals surface area contributed by atoms with Gasteiger partial charge in [0.25, 0.3) is 0 Å². The van der Waals surface area contributed by atoms with Gasteiger partial charge in [-0.25, -0.2) is 0 Å². The van der Waals surface area contributed by atoms with Gasteiger partial charge in [0.15, 0.2) is 5.96 Å². The highest BCUT2D eigenvalue weighted by atomic mass is 32.1. The van der Waals surface area contributed by atoms with Gasteiger partial charge in [0.1, 0.15) is 0 Å². The fourth-order valence-corrected chi connectivity index (χ4v) is 1.68. The average Bonchev–Trinajstić information content (AvgIpc) is 2.47. The Hall–Kier alpha value is -1.03. The van der Waals surface area contributed by atoms with Crippen LogP contribution in [0.2, 0.25) is 0 Å². The lowest BCUT2D eigenvalue weighted by Crippen LogP contribution is -2.30. The van der Waals surface area contributed by atoms with Crippen molar-refractivity contribution in [2.24, 2.45) is 10.7 Å². The van der Waals surface area contributed by atoms with E-state index in [0.29, 0.717) is 5.96 Å². The van der Waals surface area contributed by atoms with Crippen LogP contribution in [-0.4, -0.2) is 13.0 Å². The highest BCUT2D eigenvalue weighted by molar-refractivity contribution is 7.10. The molecule has 1 aromatic heterocycles. The van der Waals surface area contributed by atoms with Crippen LogP contribution in [0.1, 0.15) is 10.4 Å². The maximum Gasteiger partial charge on any atom is 0.188 e. The molecule has 0 aliphatic rings. The van der Waals surface area contributed by atoms with E-state index in [1.807, 2.05) is 0 Å². The minimum atomic E-state index is 0.489. The summed E-state index contributed by atoms with van der Waals surface area (Å²) in [6.45, 7) is 2.86. The number of guanidine groups is 1. The molecular weight excluding hydrogens is 170 g/mol. The highest BCUT2D eigenvalue weighted by Crippen LogP contribution is 2.14. The Morgan fingerprint density at radius 1 is 1.75 bits per heavy atom. The molecular formula is C8H13N3S. The molecule has 3 nitrogen and oxygen atoms in total. The van der Waals surface area contributed by atoms with Gasteiger partial charge in [-0.1, -0.05) is 0 Å². The summed E-state index contributed by atoms with van der Waals surface area (Å²) < 4.78 is 0. The van der Waals surface area contributed by atoms with E-state index in [4.69, 9.17) is 5.73 Å². The second kappa shape index (κ2) is 4.11. The molecule has 0 radical (unpaired) electrons. The summed E-state index contributed by atoms with van der Waals surface area (Å²) in [6, 6.07) is 2.10. The van der Waals surface area contributed by atoms with Crippen LogP contribution in [0.3, 0.4) is 0 Å². The van der Waals surface area contributed by atoms with Crippen LogP contribution in [0, 0.1) is 6.92 Å². The van der Waals surface area contributed by atoms with Gasteiger partial charge in [0.2, 0.25) is 0 Å². The first-order valence-electron chi connectivity index (χ1n) is 3.73. The van der Waals surface area contributed by atoms with Crippen LogP contribution in [0.25, 0.3) is 0 Å². The zero-order valence-corrected chi connectivity index (χ0v) is 8.11. The van der Waals surface area contributed by atoms with E-state index >= 15 is 0 Å². The van der Waals surface area contributed by atoms with Crippen molar-refractivity contribution in [3.8, 4) is 0 Å². The minimum absolute atomic E-state index is 0.489. The lowest BCUT2D eigenvalue weighted by molar-refractivity contribution is 0.911. The first kappa shape index (κ1) is 9.06. The molecule has 4 heteroatoms. The van der Waals surface area contributed by atoms with E-state index in [1.165, 1.54) is 10.4 Å². The summed E-state index contributed by atoms with van der Waals surface area (Å²) in [5.41, 5.74) is 6.79. The van der Waals surface area contributed by atoms with Crippen molar-refractivity contribution >= 4 is 17.3 Å². The Kier molecular flexibility index (Phi) is 3.10. The second-order valence-corrected chi connectivity index (χ2v) is 3.49. The number of rotatable bonds is 2. The van der Waals surface area contributed by atoms with E-state index < -0.39 is 0 Å². The average molecular weight is 183 g/mol. The fraction of sp³-hybridized carbons (Fsp3) is 0.375. The summed E-state index contributed by atoms with van der Waals surface area (Å²) in [6.07, 6.45) is 0. The van der Waals surface area contributed by atoms with Crippen LogP contribution >= 0.6 is 11.3 Å². The highest BCUT2D eigenvalue weighted by Gasteiger charge is 1.98. The molecule has 1 aromatic rings. The van der Waals surface area contributed by atoms with Gasteiger partial charge in [-0.3, -0.25) is 4.99 Å².